The van der Waals surface area contributed by atoms with Crippen molar-refractivity contribution in [3.05, 3.63) is 0 Å². The summed E-state index contributed by atoms with van der Waals surface area (Å²) in [5.74, 6) is 0. The van der Waals surface area contributed by atoms with Crippen molar-refractivity contribution >= 4 is 0 Å². The van der Waals surface area contributed by atoms with Gasteiger partial charge >= 0.3 is 0 Å². The largest absolute Gasteiger partial charge is 0.394 e. The van der Waals surface area contributed by atoms with Gasteiger partial charge in [0, 0.05) is 18.5 Å². The van der Waals surface area contributed by atoms with E-state index in [4.69, 9.17) is 5.11 Å². The Morgan fingerprint density at radius 1 is 1.50 bits per heavy atom. The van der Waals surface area contributed by atoms with E-state index >= 15 is 0 Å². The number of aliphatic hydroxyl groups excluding tert-OH is 1. The predicted molar refractivity (Wildman–Crippen MR) is 35.5 cm³/mol. The summed E-state index contributed by atoms with van der Waals surface area (Å²) in [5, 5.41) is 12.0. The Labute approximate surface area is 59.4 Å². The smallest absolute Gasteiger partial charge is 0.125 e. The lowest BCUT2D eigenvalue weighted by molar-refractivity contribution is 0.174. The summed E-state index contributed by atoms with van der Waals surface area (Å²) in [6.07, 6.45) is 1.93. The zero-order valence-corrected chi connectivity index (χ0v) is 5.86. The van der Waals surface area contributed by atoms with E-state index in [0.717, 1.165) is 6.42 Å². The third kappa shape index (κ3) is 0.705. The highest BCUT2D eigenvalue weighted by Gasteiger charge is 2.54. The molecule has 2 unspecified atom stereocenters. The number of alkyl halides is 1. The van der Waals surface area contributed by atoms with Gasteiger partial charge in [-0.05, 0) is 12.8 Å². The summed E-state index contributed by atoms with van der Waals surface area (Å²) >= 11 is 0. The summed E-state index contributed by atoms with van der Waals surface area (Å²) in [6, 6.07) is 0. The van der Waals surface area contributed by atoms with Gasteiger partial charge in [0.1, 0.15) is 5.67 Å². The van der Waals surface area contributed by atoms with Gasteiger partial charge < -0.3 is 10.4 Å². The number of nitrogens with one attached hydrogen (secondary N) is 1. The first-order chi connectivity index (χ1) is 4.68. The summed E-state index contributed by atoms with van der Waals surface area (Å²) in [6.45, 7) is 0.520. The van der Waals surface area contributed by atoms with Crippen LogP contribution in [-0.4, -0.2) is 29.5 Å². The minimum atomic E-state index is -0.997. The van der Waals surface area contributed by atoms with E-state index in [1.165, 1.54) is 0 Å². The van der Waals surface area contributed by atoms with E-state index in [9.17, 15) is 4.39 Å². The van der Waals surface area contributed by atoms with Gasteiger partial charge in [0.05, 0.1) is 6.61 Å². The first-order valence-electron chi connectivity index (χ1n) is 3.73. The predicted octanol–water partition coefficient (Wildman–Crippen LogP) is 0.213. The second-order valence-corrected chi connectivity index (χ2v) is 3.62. The molecule has 0 spiro atoms. The molecule has 2 bridgehead atoms. The molecule has 10 heavy (non-hydrogen) atoms. The molecule has 2 fully saturated rings. The van der Waals surface area contributed by atoms with Gasteiger partial charge in [-0.1, -0.05) is 0 Å². The Hall–Kier alpha value is -0.150. The van der Waals surface area contributed by atoms with Gasteiger partial charge in [-0.3, -0.25) is 0 Å². The standard InChI is InChI=1S/C7H12FNO/c8-6-1-2-7(3-6,5-10)9-4-6/h9-10H,1-5H2. The van der Waals surface area contributed by atoms with Crippen LogP contribution >= 0.6 is 0 Å². The molecular formula is C7H12FNO. The van der Waals surface area contributed by atoms with Gasteiger partial charge in [-0.15, -0.1) is 0 Å². The first kappa shape index (κ1) is 6.55. The maximum atomic E-state index is 13.3. The molecular weight excluding hydrogens is 133 g/mol. The molecule has 3 heteroatoms. The lowest BCUT2D eigenvalue weighted by Gasteiger charge is -2.24. The lowest BCUT2D eigenvalue weighted by Crippen LogP contribution is -2.44. The highest BCUT2D eigenvalue weighted by Crippen LogP contribution is 2.44. The van der Waals surface area contributed by atoms with Crippen LogP contribution in [-0.2, 0) is 0 Å². The number of hydrogen-bond acceptors (Lipinski definition) is 2. The van der Waals surface area contributed by atoms with E-state index < -0.39 is 5.67 Å². The fourth-order valence-electron chi connectivity index (χ4n) is 2.09. The molecule has 2 N–H and O–H groups in total. The molecule has 1 saturated heterocycles. The van der Waals surface area contributed by atoms with Crippen LogP contribution in [0.25, 0.3) is 0 Å². The number of fused-ring (bicyclic) bond motifs is 2. The van der Waals surface area contributed by atoms with E-state index in [1.54, 1.807) is 0 Å². The van der Waals surface area contributed by atoms with E-state index in [1.807, 2.05) is 0 Å². The zero-order valence-electron chi connectivity index (χ0n) is 5.86. The van der Waals surface area contributed by atoms with Gasteiger partial charge in [-0.25, -0.2) is 4.39 Å². The van der Waals surface area contributed by atoms with Gasteiger partial charge in [0.15, 0.2) is 0 Å². The summed E-state index contributed by atoms with van der Waals surface area (Å²) < 4.78 is 13.3. The third-order valence-corrected chi connectivity index (χ3v) is 2.79. The lowest BCUT2D eigenvalue weighted by atomic mass is 10.0. The van der Waals surface area contributed by atoms with Gasteiger partial charge in [0.25, 0.3) is 0 Å². The molecule has 0 aromatic heterocycles. The second-order valence-electron chi connectivity index (χ2n) is 3.62. The molecule has 0 amide bonds. The summed E-state index contributed by atoms with van der Waals surface area (Å²) in [5.41, 5.74) is -1.25. The molecule has 2 atom stereocenters. The maximum absolute atomic E-state index is 13.3. The van der Waals surface area contributed by atoms with Crippen molar-refractivity contribution in [3.8, 4) is 0 Å². The molecule has 58 valence electrons. The van der Waals surface area contributed by atoms with Crippen molar-refractivity contribution < 1.29 is 9.50 Å². The van der Waals surface area contributed by atoms with Crippen molar-refractivity contribution in [2.24, 2.45) is 0 Å². The van der Waals surface area contributed by atoms with Crippen LogP contribution in [0.3, 0.4) is 0 Å². The first-order valence-corrected chi connectivity index (χ1v) is 3.73. The average Bonchev–Trinajstić information content (AvgIpc) is 2.42. The fraction of sp³-hybridized carbons (Fsp3) is 1.00. The Morgan fingerprint density at radius 3 is 2.50 bits per heavy atom. The molecule has 0 radical (unpaired) electrons. The van der Waals surface area contributed by atoms with Crippen LogP contribution in [0.5, 0.6) is 0 Å². The second kappa shape index (κ2) is 1.71. The van der Waals surface area contributed by atoms with Crippen LogP contribution in [0.15, 0.2) is 0 Å². The SMILES string of the molecule is OCC12CCC(F)(CN1)C2. The van der Waals surface area contributed by atoms with Gasteiger partial charge in [-0.2, -0.15) is 0 Å². The quantitative estimate of drug-likeness (QED) is 0.553. The Balaban J connectivity index is 2.19. The number of aliphatic hydroxyl groups is 1. The molecule has 1 heterocycles. The molecule has 2 aliphatic rings. The van der Waals surface area contributed by atoms with Crippen molar-refractivity contribution in [2.45, 2.75) is 30.5 Å². The molecule has 0 aromatic rings. The Kier molecular flexibility index (Phi) is 1.12. The minimum absolute atomic E-state index is 0.0820. The van der Waals surface area contributed by atoms with Crippen LogP contribution in [0.4, 0.5) is 4.39 Å². The molecule has 2 rings (SSSR count). The molecule has 1 saturated carbocycles. The van der Waals surface area contributed by atoms with Crippen LogP contribution in [0, 0.1) is 0 Å². The average molecular weight is 145 g/mol. The normalized spacial score (nSPS) is 52.2. The Bertz CT molecular complexity index is 152. The number of hydrogen-bond donors (Lipinski definition) is 2. The van der Waals surface area contributed by atoms with Crippen molar-refractivity contribution in [1.29, 1.82) is 0 Å². The van der Waals surface area contributed by atoms with Crippen LogP contribution in [0.2, 0.25) is 0 Å². The van der Waals surface area contributed by atoms with Crippen molar-refractivity contribution in [3.63, 3.8) is 0 Å². The van der Waals surface area contributed by atoms with Gasteiger partial charge in [0.2, 0.25) is 0 Å². The van der Waals surface area contributed by atoms with E-state index in [0.29, 0.717) is 19.4 Å². The molecule has 0 aromatic carbocycles. The van der Waals surface area contributed by atoms with Crippen LogP contribution in [0.1, 0.15) is 19.3 Å². The maximum Gasteiger partial charge on any atom is 0.125 e. The highest BCUT2D eigenvalue weighted by atomic mass is 19.1. The highest BCUT2D eigenvalue weighted by molar-refractivity contribution is 5.11. The van der Waals surface area contributed by atoms with Crippen molar-refractivity contribution in [1.82, 2.24) is 5.32 Å². The van der Waals surface area contributed by atoms with Crippen LogP contribution < -0.4 is 5.32 Å². The fourth-order valence-corrected chi connectivity index (χ4v) is 2.09. The monoisotopic (exact) mass is 145 g/mol. The number of rotatable bonds is 1. The summed E-state index contributed by atoms with van der Waals surface area (Å²) in [7, 11) is 0. The van der Waals surface area contributed by atoms with E-state index in [-0.39, 0.29) is 12.1 Å². The minimum Gasteiger partial charge on any atom is -0.394 e. The summed E-state index contributed by atoms with van der Waals surface area (Å²) in [4.78, 5) is 0. The molecule has 1 aliphatic carbocycles. The molecule has 1 aliphatic heterocycles. The topological polar surface area (TPSA) is 32.3 Å². The Morgan fingerprint density at radius 2 is 2.30 bits per heavy atom. The van der Waals surface area contributed by atoms with Crippen molar-refractivity contribution in [2.75, 3.05) is 13.2 Å². The zero-order chi connectivity index (χ0) is 7.24. The molecule has 2 nitrogen and oxygen atoms in total. The van der Waals surface area contributed by atoms with E-state index in [2.05, 4.69) is 5.32 Å². The number of halogens is 1. The number of piperidine rings is 1. The third-order valence-electron chi connectivity index (χ3n) is 2.79.